The normalized spacial score (nSPS) is 8.91. The zero-order valence-electron chi connectivity index (χ0n) is 7.95. The first-order chi connectivity index (χ1) is 5.41. The van der Waals surface area contributed by atoms with E-state index in [0.717, 1.165) is 6.42 Å². The van der Waals surface area contributed by atoms with Crippen molar-refractivity contribution in [3.05, 3.63) is 0 Å². The predicted octanol–water partition coefficient (Wildman–Crippen LogP) is 3.76. The van der Waals surface area contributed by atoms with Crippen LogP contribution in [0.2, 0.25) is 0 Å². The molecule has 0 amide bonds. The van der Waals surface area contributed by atoms with Gasteiger partial charge in [-0.05, 0) is 13.3 Å². The maximum Gasteiger partial charge on any atom is 0.00885 e. The maximum absolute atomic E-state index is 3.09. The van der Waals surface area contributed by atoms with E-state index in [1.54, 1.807) is 0 Å². The Bertz CT molecular complexity index is 114. The Hall–Kier alpha value is -0.440. The van der Waals surface area contributed by atoms with E-state index in [1.807, 2.05) is 6.92 Å². The van der Waals surface area contributed by atoms with Gasteiger partial charge in [0.15, 0.2) is 0 Å². The molecule has 0 bridgehead atoms. The fourth-order valence-electron chi connectivity index (χ4n) is 1.12. The summed E-state index contributed by atoms with van der Waals surface area (Å²) in [6.07, 6.45) is 9.32. The molecule has 0 heterocycles. The molecule has 0 saturated heterocycles. The second kappa shape index (κ2) is 9.56. The zero-order chi connectivity index (χ0) is 8.36. The van der Waals surface area contributed by atoms with Crippen LogP contribution in [0.1, 0.15) is 58.8 Å². The fraction of sp³-hybridized carbons (Fsp3) is 0.818. The van der Waals surface area contributed by atoms with Crippen LogP contribution >= 0.6 is 0 Å². The lowest BCUT2D eigenvalue weighted by Crippen LogP contribution is -1.77. The van der Waals surface area contributed by atoms with Crippen LogP contribution in [0.5, 0.6) is 0 Å². The van der Waals surface area contributed by atoms with Crippen LogP contribution < -0.4 is 0 Å². The molecule has 0 aromatic rings. The van der Waals surface area contributed by atoms with Gasteiger partial charge in [-0.1, -0.05) is 39.0 Å². The van der Waals surface area contributed by atoms with E-state index < -0.39 is 0 Å². The molecule has 0 saturated carbocycles. The Labute approximate surface area is 71.4 Å². The third kappa shape index (κ3) is 9.56. The van der Waals surface area contributed by atoms with Crippen LogP contribution in [0.25, 0.3) is 0 Å². The van der Waals surface area contributed by atoms with Gasteiger partial charge in [0.1, 0.15) is 0 Å². The molecule has 0 fully saturated rings. The first kappa shape index (κ1) is 10.6. The van der Waals surface area contributed by atoms with E-state index in [9.17, 15) is 0 Å². The molecule has 0 N–H and O–H groups in total. The molecular formula is C11H20. The summed E-state index contributed by atoms with van der Waals surface area (Å²) in [5.74, 6) is 6.01. The van der Waals surface area contributed by atoms with Gasteiger partial charge in [0.25, 0.3) is 0 Å². The highest BCUT2D eigenvalue weighted by Gasteiger charge is 1.87. The molecule has 0 heteroatoms. The van der Waals surface area contributed by atoms with E-state index in [-0.39, 0.29) is 0 Å². The average Bonchev–Trinajstić information content (AvgIpc) is 2.03. The Morgan fingerprint density at radius 3 is 2.18 bits per heavy atom. The minimum Gasteiger partial charge on any atom is -0.107 e. The fourth-order valence-corrected chi connectivity index (χ4v) is 1.12. The van der Waals surface area contributed by atoms with Crippen molar-refractivity contribution in [3.63, 3.8) is 0 Å². The summed E-state index contributed by atoms with van der Waals surface area (Å²) in [5, 5.41) is 0. The number of rotatable bonds is 6. The topological polar surface area (TPSA) is 0 Å². The van der Waals surface area contributed by atoms with Crippen molar-refractivity contribution < 1.29 is 0 Å². The van der Waals surface area contributed by atoms with Crippen molar-refractivity contribution in [3.8, 4) is 11.8 Å². The minimum absolute atomic E-state index is 1.10. The highest BCUT2D eigenvalue weighted by Crippen LogP contribution is 2.05. The van der Waals surface area contributed by atoms with Gasteiger partial charge in [0, 0.05) is 6.42 Å². The van der Waals surface area contributed by atoms with E-state index in [4.69, 9.17) is 0 Å². The van der Waals surface area contributed by atoms with Crippen molar-refractivity contribution in [1.29, 1.82) is 0 Å². The molecule has 0 atom stereocenters. The van der Waals surface area contributed by atoms with Gasteiger partial charge >= 0.3 is 0 Å². The summed E-state index contributed by atoms with van der Waals surface area (Å²) in [5.41, 5.74) is 0. The van der Waals surface area contributed by atoms with E-state index in [2.05, 4.69) is 18.8 Å². The molecule has 0 spiro atoms. The summed E-state index contributed by atoms with van der Waals surface area (Å²) in [7, 11) is 0. The van der Waals surface area contributed by atoms with Crippen LogP contribution in [0.15, 0.2) is 0 Å². The molecule has 0 aliphatic carbocycles. The van der Waals surface area contributed by atoms with Crippen LogP contribution in [-0.4, -0.2) is 0 Å². The number of unbranched alkanes of at least 4 members (excludes halogenated alkanes) is 6. The molecule has 0 rings (SSSR count). The Morgan fingerprint density at radius 1 is 0.909 bits per heavy atom. The molecule has 0 radical (unpaired) electrons. The lowest BCUT2D eigenvalue weighted by molar-refractivity contribution is 0.614. The zero-order valence-corrected chi connectivity index (χ0v) is 7.95. The van der Waals surface area contributed by atoms with E-state index in [1.165, 1.54) is 38.5 Å². The van der Waals surface area contributed by atoms with Crippen molar-refractivity contribution in [2.24, 2.45) is 0 Å². The van der Waals surface area contributed by atoms with Gasteiger partial charge in [-0.15, -0.1) is 11.8 Å². The van der Waals surface area contributed by atoms with Crippen molar-refractivity contribution in [2.75, 3.05) is 0 Å². The molecule has 0 unspecified atom stereocenters. The molecule has 0 aromatic heterocycles. The average molecular weight is 152 g/mol. The second-order valence-corrected chi connectivity index (χ2v) is 2.94. The monoisotopic (exact) mass is 152 g/mol. The lowest BCUT2D eigenvalue weighted by atomic mass is 10.1. The first-order valence-corrected chi connectivity index (χ1v) is 4.81. The Morgan fingerprint density at radius 2 is 1.55 bits per heavy atom. The van der Waals surface area contributed by atoms with E-state index in [0.29, 0.717) is 0 Å². The smallest absolute Gasteiger partial charge is 0.00885 e. The van der Waals surface area contributed by atoms with Gasteiger partial charge in [-0.3, -0.25) is 0 Å². The SMILES string of the molecule is CC#CCCCCCCCC. The van der Waals surface area contributed by atoms with Crippen LogP contribution in [0.4, 0.5) is 0 Å². The number of hydrogen-bond donors (Lipinski definition) is 0. The molecular weight excluding hydrogens is 132 g/mol. The third-order valence-electron chi connectivity index (χ3n) is 1.83. The predicted molar refractivity (Wildman–Crippen MR) is 51.4 cm³/mol. The maximum atomic E-state index is 3.09. The summed E-state index contributed by atoms with van der Waals surface area (Å²) in [4.78, 5) is 0. The molecule has 0 aliphatic heterocycles. The van der Waals surface area contributed by atoms with Gasteiger partial charge in [-0.25, -0.2) is 0 Å². The summed E-state index contributed by atoms with van der Waals surface area (Å²) < 4.78 is 0. The van der Waals surface area contributed by atoms with Gasteiger partial charge in [0.2, 0.25) is 0 Å². The molecule has 0 nitrogen and oxygen atoms in total. The van der Waals surface area contributed by atoms with Crippen LogP contribution in [-0.2, 0) is 0 Å². The summed E-state index contributed by atoms with van der Waals surface area (Å²) in [6.45, 7) is 4.17. The number of hydrogen-bond acceptors (Lipinski definition) is 0. The van der Waals surface area contributed by atoms with E-state index >= 15 is 0 Å². The van der Waals surface area contributed by atoms with Crippen molar-refractivity contribution in [2.45, 2.75) is 58.8 Å². The summed E-state index contributed by atoms with van der Waals surface area (Å²) in [6, 6.07) is 0. The largest absolute Gasteiger partial charge is 0.107 e. The molecule has 11 heavy (non-hydrogen) atoms. The van der Waals surface area contributed by atoms with Gasteiger partial charge < -0.3 is 0 Å². The summed E-state index contributed by atoms with van der Waals surface area (Å²) >= 11 is 0. The lowest BCUT2D eigenvalue weighted by Gasteiger charge is -1.96. The quantitative estimate of drug-likeness (QED) is 0.401. The Balaban J connectivity index is 2.83. The van der Waals surface area contributed by atoms with Crippen LogP contribution in [0, 0.1) is 11.8 Å². The molecule has 0 aliphatic rings. The molecule has 64 valence electrons. The minimum atomic E-state index is 1.10. The van der Waals surface area contributed by atoms with Crippen molar-refractivity contribution in [1.82, 2.24) is 0 Å². The molecule has 0 aromatic carbocycles. The first-order valence-electron chi connectivity index (χ1n) is 4.81. The highest BCUT2D eigenvalue weighted by atomic mass is 13.9. The Kier molecular flexibility index (Phi) is 9.18. The third-order valence-corrected chi connectivity index (χ3v) is 1.83. The highest BCUT2D eigenvalue weighted by molar-refractivity contribution is 4.94. The second-order valence-electron chi connectivity index (χ2n) is 2.94. The van der Waals surface area contributed by atoms with Crippen molar-refractivity contribution >= 4 is 0 Å². The van der Waals surface area contributed by atoms with Gasteiger partial charge in [0.05, 0.1) is 0 Å². The van der Waals surface area contributed by atoms with Gasteiger partial charge in [-0.2, -0.15) is 0 Å². The standard InChI is InChI=1S/C11H20/c1-3-5-7-9-11-10-8-6-4-2/h3,5,7-11H2,1-2H3. The van der Waals surface area contributed by atoms with Crippen LogP contribution in [0.3, 0.4) is 0 Å².